The van der Waals surface area contributed by atoms with Crippen LogP contribution >= 0.6 is 11.8 Å². The lowest BCUT2D eigenvalue weighted by molar-refractivity contribution is -0.116. The fraction of sp³-hybridized carbons (Fsp3) is 0.421. The minimum Gasteiger partial charge on any atom is -0.465 e. The van der Waals surface area contributed by atoms with Gasteiger partial charge in [-0.05, 0) is 38.3 Å². The van der Waals surface area contributed by atoms with E-state index < -0.39 is 5.92 Å². The maximum absolute atomic E-state index is 12.9. The fourth-order valence-corrected chi connectivity index (χ4v) is 4.32. The van der Waals surface area contributed by atoms with Gasteiger partial charge >= 0.3 is 0 Å². The van der Waals surface area contributed by atoms with E-state index in [2.05, 4.69) is 22.2 Å². The van der Waals surface area contributed by atoms with Gasteiger partial charge in [-0.3, -0.25) is 9.59 Å². The molecule has 136 valence electrons. The third kappa shape index (κ3) is 2.90. The summed E-state index contributed by atoms with van der Waals surface area (Å²) in [5.41, 5.74) is 1.77. The summed E-state index contributed by atoms with van der Waals surface area (Å²) in [6.45, 7) is 3.94. The summed E-state index contributed by atoms with van der Waals surface area (Å²) < 4.78 is 5.83. The van der Waals surface area contributed by atoms with Crippen LogP contribution < -0.4 is 10.9 Å². The Morgan fingerprint density at radius 1 is 1.31 bits per heavy atom. The largest absolute Gasteiger partial charge is 0.465 e. The quantitative estimate of drug-likeness (QED) is 0.629. The molecule has 0 spiro atoms. The molecule has 2 aromatic heterocycles. The average Bonchev–Trinajstić information content (AvgIpc) is 3.04. The van der Waals surface area contributed by atoms with E-state index in [1.165, 1.54) is 11.8 Å². The van der Waals surface area contributed by atoms with Crippen LogP contribution in [0.25, 0.3) is 0 Å². The first-order valence-corrected chi connectivity index (χ1v) is 9.93. The molecule has 0 fully saturated rings. The highest BCUT2D eigenvalue weighted by molar-refractivity contribution is 7.99. The summed E-state index contributed by atoms with van der Waals surface area (Å²) in [6.07, 6.45) is 3.09. The number of Topliss-reactive ketones (excluding diaryl/α,β-unsaturated/α-hetero) is 1. The molecule has 1 atom stereocenters. The Hall–Kier alpha value is -2.28. The van der Waals surface area contributed by atoms with Crippen LogP contribution in [0.1, 0.15) is 55.6 Å². The zero-order valence-electron chi connectivity index (χ0n) is 14.8. The van der Waals surface area contributed by atoms with E-state index in [-0.39, 0.29) is 11.3 Å². The molecule has 1 aliphatic heterocycles. The number of hydrogen-bond acceptors (Lipinski definition) is 6. The lowest BCUT2D eigenvalue weighted by Crippen LogP contribution is -2.32. The third-order valence-corrected chi connectivity index (χ3v) is 5.80. The topological polar surface area (TPSA) is 88.0 Å². The van der Waals surface area contributed by atoms with Crippen LogP contribution in [0.2, 0.25) is 0 Å². The van der Waals surface area contributed by atoms with Crippen LogP contribution in [0.15, 0.2) is 37.8 Å². The van der Waals surface area contributed by atoms with Gasteiger partial charge in [0, 0.05) is 23.4 Å². The van der Waals surface area contributed by atoms with Crippen LogP contribution in [0.5, 0.6) is 0 Å². The lowest BCUT2D eigenvalue weighted by Gasteiger charge is -2.31. The Bertz CT molecular complexity index is 957. The SMILES string of the molecule is CCCSc1nc2c(c(=O)[nH]1)[C@@H](c1ccc(C)o1)C1=C(CCCC1=O)N2. The number of allylic oxidation sites excluding steroid dienone is 2. The van der Waals surface area contributed by atoms with Crippen LogP contribution in [-0.2, 0) is 4.79 Å². The number of carbonyl (C=O) groups is 1. The van der Waals surface area contributed by atoms with Crippen LogP contribution in [-0.4, -0.2) is 21.5 Å². The smallest absolute Gasteiger partial charge is 0.257 e. The van der Waals surface area contributed by atoms with Gasteiger partial charge in [0.05, 0.1) is 11.5 Å². The molecule has 7 heteroatoms. The van der Waals surface area contributed by atoms with Gasteiger partial charge in [0.25, 0.3) is 5.56 Å². The number of nitrogens with one attached hydrogen (secondary N) is 2. The first kappa shape index (κ1) is 17.1. The van der Waals surface area contributed by atoms with Crippen molar-refractivity contribution in [2.45, 2.75) is 50.6 Å². The lowest BCUT2D eigenvalue weighted by atomic mass is 9.79. The maximum Gasteiger partial charge on any atom is 0.257 e. The highest BCUT2D eigenvalue weighted by Crippen LogP contribution is 2.43. The Morgan fingerprint density at radius 3 is 2.88 bits per heavy atom. The highest BCUT2D eigenvalue weighted by Gasteiger charge is 2.39. The molecule has 26 heavy (non-hydrogen) atoms. The minimum atomic E-state index is -0.496. The number of anilines is 1. The molecule has 6 nitrogen and oxygen atoms in total. The molecule has 2 aromatic rings. The Labute approximate surface area is 155 Å². The molecule has 2 aliphatic rings. The number of nitrogens with zero attached hydrogens (tertiary/aromatic N) is 1. The van der Waals surface area contributed by atoms with Gasteiger partial charge in [-0.1, -0.05) is 18.7 Å². The van der Waals surface area contributed by atoms with E-state index in [1.54, 1.807) is 0 Å². The van der Waals surface area contributed by atoms with E-state index >= 15 is 0 Å². The first-order valence-electron chi connectivity index (χ1n) is 8.95. The normalized spacial score (nSPS) is 19.2. The summed E-state index contributed by atoms with van der Waals surface area (Å²) in [6, 6.07) is 3.71. The van der Waals surface area contributed by atoms with Gasteiger partial charge in [0.1, 0.15) is 17.3 Å². The molecule has 0 amide bonds. The van der Waals surface area contributed by atoms with Gasteiger partial charge in [0.2, 0.25) is 0 Å². The number of aryl methyl sites for hydroxylation is 1. The van der Waals surface area contributed by atoms with E-state index in [0.717, 1.165) is 36.5 Å². The number of carbonyl (C=O) groups excluding carboxylic acids is 1. The third-order valence-electron chi connectivity index (χ3n) is 4.72. The van der Waals surface area contributed by atoms with Crippen LogP contribution in [0.3, 0.4) is 0 Å². The zero-order valence-corrected chi connectivity index (χ0v) is 15.7. The maximum atomic E-state index is 12.9. The molecule has 0 saturated carbocycles. The van der Waals surface area contributed by atoms with E-state index in [4.69, 9.17) is 4.42 Å². The summed E-state index contributed by atoms with van der Waals surface area (Å²) in [4.78, 5) is 33.1. The number of H-pyrrole nitrogens is 1. The molecule has 1 aliphatic carbocycles. The van der Waals surface area contributed by atoms with Crippen LogP contribution in [0.4, 0.5) is 5.82 Å². The van der Waals surface area contributed by atoms with Crippen molar-refractivity contribution in [3.63, 3.8) is 0 Å². The van der Waals surface area contributed by atoms with Crippen molar-refractivity contribution in [2.75, 3.05) is 11.1 Å². The fourth-order valence-electron chi connectivity index (χ4n) is 3.60. The van der Waals surface area contributed by atoms with Gasteiger partial charge < -0.3 is 14.7 Å². The number of aromatic nitrogens is 2. The predicted octanol–water partition coefficient (Wildman–Crippen LogP) is 3.74. The standard InChI is InChI=1S/C19H21N3O3S/c1-3-9-26-19-21-17-16(18(24)22-19)15(13-8-7-10(2)25-13)14-11(20-17)5-4-6-12(14)23/h7-8,15H,3-6,9H2,1-2H3,(H2,20,21,22,24)/t15-/m0/s1. The summed E-state index contributed by atoms with van der Waals surface area (Å²) in [5.74, 6) is 2.38. The zero-order chi connectivity index (χ0) is 18.3. The molecular weight excluding hydrogens is 350 g/mol. The number of ketones is 1. The Morgan fingerprint density at radius 2 is 2.15 bits per heavy atom. The number of thioether (sulfide) groups is 1. The van der Waals surface area contributed by atoms with Crippen molar-refractivity contribution < 1.29 is 9.21 Å². The molecule has 0 aromatic carbocycles. The molecule has 4 rings (SSSR count). The Balaban J connectivity index is 1.89. The number of fused-ring (bicyclic) bond motifs is 1. The monoisotopic (exact) mass is 371 g/mol. The summed E-state index contributed by atoms with van der Waals surface area (Å²) >= 11 is 1.53. The van der Waals surface area contributed by atoms with Gasteiger partial charge in [-0.15, -0.1) is 0 Å². The van der Waals surface area contributed by atoms with Crippen molar-refractivity contribution in [1.82, 2.24) is 9.97 Å². The van der Waals surface area contributed by atoms with Crippen LogP contribution in [0, 0.1) is 6.92 Å². The Kier molecular flexibility index (Phi) is 4.48. The summed E-state index contributed by atoms with van der Waals surface area (Å²) in [5, 5.41) is 3.87. The average molecular weight is 371 g/mol. The second-order valence-corrected chi connectivity index (χ2v) is 7.74. The number of rotatable bonds is 4. The van der Waals surface area contributed by atoms with Crippen molar-refractivity contribution in [1.29, 1.82) is 0 Å². The molecular formula is C19H21N3O3S. The molecule has 0 saturated heterocycles. The van der Waals surface area contributed by atoms with E-state index in [1.807, 2.05) is 19.1 Å². The molecule has 0 unspecified atom stereocenters. The number of aromatic amines is 1. The van der Waals surface area contributed by atoms with Gasteiger partial charge in [-0.2, -0.15) is 0 Å². The van der Waals surface area contributed by atoms with Crippen molar-refractivity contribution >= 4 is 23.4 Å². The van der Waals surface area contributed by atoms with Crippen molar-refractivity contribution in [3.8, 4) is 0 Å². The molecule has 2 N–H and O–H groups in total. The van der Waals surface area contributed by atoms with Gasteiger partial charge in [0.15, 0.2) is 10.9 Å². The highest BCUT2D eigenvalue weighted by atomic mass is 32.2. The van der Waals surface area contributed by atoms with E-state index in [0.29, 0.717) is 34.3 Å². The second kappa shape index (κ2) is 6.79. The first-order chi connectivity index (χ1) is 12.6. The van der Waals surface area contributed by atoms with E-state index in [9.17, 15) is 9.59 Å². The minimum absolute atomic E-state index is 0.0762. The van der Waals surface area contributed by atoms with Gasteiger partial charge in [-0.25, -0.2) is 4.98 Å². The number of furan rings is 1. The molecule has 0 bridgehead atoms. The molecule has 3 heterocycles. The predicted molar refractivity (Wildman–Crippen MR) is 101 cm³/mol. The second-order valence-electron chi connectivity index (χ2n) is 6.66. The number of hydrogen-bond donors (Lipinski definition) is 2. The summed E-state index contributed by atoms with van der Waals surface area (Å²) in [7, 11) is 0. The molecule has 0 radical (unpaired) electrons. The van der Waals surface area contributed by atoms with Crippen molar-refractivity contribution in [2.24, 2.45) is 0 Å². The van der Waals surface area contributed by atoms with Crippen molar-refractivity contribution in [3.05, 3.63) is 50.8 Å².